The summed E-state index contributed by atoms with van der Waals surface area (Å²) in [6.07, 6.45) is -4.48. The number of nitrogens with one attached hydrogen (secondary N) is 2. The number of carbonyl (C=O) groups excluding carboxylic acids is 1. The highest BCUT2D eigenvalue weighted by Crippen LogP contribution is 2.34. The molecule has 0 bridgehead atoms. The van der Waals surface area contributed by atoms with Crippen LogP contribution in [0.1, 0.15) is 5.56 Å². The Labute approximate surface area is 176 Å². The molecule has 2 amide bonds. The predicted molar refractivity (Wildman–Crippen MR) is 113 cm³/mol. The van der Waals surface area contributed by atoms with Crippen LogP contribution in [0.3, 0.4) is 0 Å². The molecule has 2 aromatic carbocycles. The monoisotopic (exact) mass is 434 g/mol. The van der Waals surface area contributed by atoms with E-state index < -0.39 is 17.8 Å². The van der Waals surface area contributed by atoms with Crippen LogP contribution >= 0.6 is 11.6 Å². The van der Waals surface area contributed by atoms with Crippen molar-refractivity contribution >= 4 is 34.8 Å². The lowest BCUT2D eigenvalue weighted by Crippen LogP contribution is -2.19. The minimum absolute atomic E-state index is 0.186. The number of rotatable bonds is 4. The number of anilines is 3. The summed E-state index contributed by atoms with van der Waals surface area (Å²) in [6, 6.07) is 14.5. The number of pyridine rings is 1. The molecule has 9 heteroatoms. The number of carbonyl (C=O) groups is 1. The van der Waals surface area contributed by atoms with Gasteiger partial charge in [0.1, 0.15) is 5.82 Å². The smallest absolute Gasteiger partial charge is 0.363 e. The molecule has 0 saturated carbocycles. The van der Waals surface area contributed by atoms with Crippen molar-refractivity contribution < 1.29 is 18.0 Å². The molecule has 0 aliphatic rings. The Morgan fingerprint density at radius 2 is 1.47 bits per heavy atom. The van der Waals surface area contributed by atoms with E-state index in [9.17, 15) is 18.0 Å². The molecule has 2 N–H and O–H groups in total. The molecular formula is C21H18ClF3N4O. The molecule has 0 atom stereocenters. The van der Waals surface area contributed by atoms with Gasteiger partial charge >= 0.3 is 12.2 Å². The third-order valence-electron chi connectivity index (χ3n) is 4.14. The molecule has 0 fully saturated rings. The minimum atomic E-state index is -4.48. The zero-order chi connectivity index (χ0) is 21.9. The number of amides is 2. The van der Waals surface area contributed by atoms with E-state index in [0.29, 0.717) is 22.0 Å². The van der Waals surface area contributed by atoms with Gasteiger partial charge in [0, 0.05) is 36.1 Å². The molecule has 0 unspecified atom stereocenters. The van der Waals surface area contributed by atoms with Crippen LogP contribution < -0.4 is 15.5 Å². The molecule has 0 radical (unpaired) electrons. The average Bonchev–Trinajstić information content (AvgIpc) is 2.69. The fraction of sp³-hybridized carbons (Fsp3) is 0.143. The SMILES string of the molecule is CN(C)c1cc(C(F)(F)F)cc(-c2ccc(NC(=O)Nc3ccc(Cl)cc3)cc2)n1. The van der Waals surface area contributed by atoms with E-state index in [1.54, 1.807) is 62.6 Å². The van der Waals surface area contributed by atoms with Crippen molar-refractivity contribution in [1.82, 2.24) is 4.98 Å². The zero-order valence-electron chi connectivity index (χ0n) is 16.1. The number of benzene rings is 2. The molecular weight excluding hydrogens is 417 g/mol. The van der Waals surface area contributed by atoms with Gasteiger partial charge in [-0.05, 0) is 48.5 Å². The Hall–Kier alpha value is -3.26. The van der Waals surface area contributed by atoms with Crippen LogP contribution in [0, 0.1) is 0 Å². The quantitative estimate of drug-likeness (QED) is 0.519. The third-order valence-corrected chi connectivity index (χ3v) is 4.39. The van der Waals surface area contributed by atoms with E-state index in [2.05, 4.69) is 15.6 Å². The van der Waals surface area contributed by atoms with Crippen LogP contribution in [0.25, 0.3) is 11.3 Å². The number of aromatic nitrogens is 1. The Balaban J connectivity index is 1.77. The van der Waals surface area contributed by atoms with Crippen LogP contribution in [0.15, 0.2) is 60.7 Å². The lowest BCUT2D eigenvalue weighted by atomic mass is 10.1. The Kier molecular flexibility index (Phi) is 6.17. The van der Waals surface area contributed by atoms with Gasteiger partial charge in [-0.25, -0.2) is 9.78 Å². The van der Waals surface area contributed by atoms with Gasteiger partial charge in [0.15, 0.2) is 0 Å². The molecule has 1 heterocycles. The zero-order valence-corrected chi connectivity index (χ0v) is 16.8. The summed E-state index contributed by atoms with van der Waals surface area (Å²) in [7, 11) is 3.25. The number of hydrogen-bond acceptors (Lipinski definition) is 3. The van der Waals surface area contributed by atoms with Gasteiger partial charge in [-0.15, -0.1) is 0 Å². The maximum atomic E-state index is 13.2. The van der Waals surface area contributed by atoms with Crippen molar-refractivity contribution in [3.8, 4) is 11.3 Å². The first-order valence-corrected chi connectivity index (χ1v) is 9.20. The molecule has 0 saturated heterocycles. The highest BCUT2D eigenvalue weighted by molar-refractivity contribution is 6.30. The maximum absolute atomic E-state index is 13.2. The van der Waals surface area contributed by atoms with E-state index >= 15 is 0 Å². The number of halogens is 4. The van der Waals surface area contributed by atoms with Crippen molar-refractivity contribution in [2.45, 2.75) is 6.18 Å². The topological polar surface area (TPSA) is 57.3 Å². The van der Waals surface area contributed by atoms with Gasteiger partial charge in [0.2, 0.25) is 0 Å². The lowest BCUT2D eigenvalue weighted by molar-refractivity contribution is -0.137. The molecule has 30 heavy (non-hydrogen) atoms. The summed E-state index contributed by atoms with van der Waals surface area (Å²) in [6.45, 7) is 0. The number of nitrogens with zero attached hydrogens (tertiary/aromatic N) is 2. The molecule has 1 aromatic heterocycles. The second kappa shape index (κ2) is 8.62. The summed E-state index contributed by atoms with van der Waals surface area (Å²) in [5.74, 6) is 0.198. The van der Waals surface area contributed by atoms with Crippen molar-refractivity contribution in [2.24, 2.45) is 0 Å². The maximum Gasteiger partial charge on any atom is 0.416 e. The van der Waals surface area contributed by atoms with Crippen LogP contribution in [-0.2, 0) is 6.18 Å². The van der Waals surface area contributed by atoms with Crippen molar-refractivity contribution in [2.75, 3.05) is 29.6 Å². The van der Waals surface area contributed by atoms with Gasteiger partial charge in [-0.3, -0.25) is 0 Å². The largest absolute Gasteiger partial charge is 0.416 e. The molecule has 0 spiro atoms. The minimum Gasteiger partial charge on any atom is -0.363 e. The fourth-order valence-corrected chi connectivity index (χ4v) is 2.73. The van der Waals surface area contributed by atoms with Gasteiger partial charge in [-0.1, -0.05) is 23.7 Å². The van der Waals surface area contributed by atoms with Crippen molar-refractivity contribution in [3.05, 3.63) is 71.2 Å². The molecule has 156 valence electrons. The highest BCUT2D eigenvalue weighted by atomic mass is 35.5. The van der Waals surface area contributed by atoms with E-state index in [0.717, 1.165) is 12.1 Å². The third kappa shape index (κ3) is 5.42. The molecule has 3 aromatic rings. The van der Waals surface area contributed by atoms with E-state index in [1.807, 2.05) is 0 Å². The fourth-order valence-electron chi connectivity index (χ4n) is 2.61. The number of alkyl halides is 3. The number of hydrogen-bond donors (Lipinski definition) is 2. The van der Waals surface area contributed by atoms with Crippen molar-refractivity contribution in [1.29, 1.82) is 0 Å². The van der Waals surface area contributed by atoms with E-state index in [4.69, 9.17) is 11.6 Å². The first-order valence-electron chi connectivity index (χ1n) is 8.82. The normalized spacial score (nSPS) is 11.1. The predicted octanol–water partition coefficient (Wildman–Crippen LogP) is 6.13. The summed E-state index contributed by atoms with van der Waals surface area (Å²) in [4.78, 5) is 17.9. The lowest BCUT2D eigenvalue weighted by Gasteiger charge is -2.16. The van der Waals surface area contributed by atoms with E-state index in [-0.39, 0.29) is 11.5 Å². The molecule has 0 aliphatic carbocycles. The highest BCUT2D eigenvalue weighted by Gasteiger charge is 2.32. The second-order valence-corrected chi connectivity index (χ2v) is 7.09. The van der Waals surface area contributed by atoms with Crippen LogP contribution in [0.5, 0.6) is 0 Å². The molecule has 0 aliphatic heterocycles. The van der Waals surface area contributed by atoms with Crippen LogP contribution in [0.4, 0.5) is 35.2 Å². The first kappa shape index (κ1) is 21.4. The Bertz CT molecular complexity index is 1040. The number of urea groups is 1. The second-order valence-electron chi connectivity index (χ2n) is 6.65. The summed E-state index contributed by atoms with van der Waals surface area (Å²) < 4.78 is 39.7. The van der Waals surface area contributed by atoms with Crippen molar-refractivity contribution in [3.63, 3.8) is 0 Å². The van der Waals surface area contributed by atoms with Gasteiger partial charge in [0.05, 0.1) is 11.3 Å². The van der Waals surface area contributed by atoms with E-state index in [1.165, 1.54) is 4.90 Å². The van der Waals surface area contributed by atoms with Crippen LogP contribution in [0.2, 0.25) is 5.02 Å². The Morgan fingerprint density at radius 3 is 1.97 bits per heavy atom. The summed E-state index contributed by atoms with van der Waals surface area (Å²) >= 11 is 5.81. The summed E-state index contributed by atoms with van der Waals surface area (Å²) in [5, 5.41) is 5.87. The Morgan fingerprint density at radius 1 is 0.933 bits per heavy atom. The van der Waals surface area contributed by atoms with Gasteiger partial charge < -0.3 is 15.5 Å². The van der Waals surface area contributed by atoms with Crippen LogP contribution in [-0.4, -0.2) is 25.1 Å². The molecule has 3 rings (SSSR count). The first-order chi connectivity index (χ1) is 14.1. The average molecular weight is 435 g/mol. The standard InChI is InChI=1S/C21H18ClF3N4O/c1-29(2)19-12-14(21(23,24)25)11-18(28-19)13-3-7-16(8-4-13)26-20(30)27-17-9-5-15(22)6-10-17/h3-12H,1-2H3,(H2,26,27,30). The van der Waals surface area contributed by atoms with Gasteiger partial charge in [-0.2, -0.15) is 13.2 Å². The summed E-state index contributed by atoms with van der Waals surface area (Å²) in [5.41, 5.74) is 0.946. The van der Waals surface area contributed by atoms with Gasteiger partial charge in [0.25, 0.3) is 0 Å². The molecule has 5 nitrogen and oxygen atoms in total.